The molecular formula is C19H25N5O4S3. The zero-order valence-electron chi connectivity index (χ0n) is 17.1. The Labute approximate surface area is 192 Å². The fourth-order valence-electron chi connectivity index (χ4n) is 3.35. The Balaban J connectivity index is 1.11. The van der Waals surface area contributed by atoms with Gasteiger partial charge in [0, 0.05) is 26.1 Å². The van der Waals surface area contributed by atoms with Crippen LogP contribution in [-0.4, -0.2) is 69.0 Å². The fourth-order valence-corrected chi connectivity index (χ4v) is 6.09. The van der Waals surface area contributed by atoms with Crippen LogP contribution in [0.25, 0.3) is 0 Å². The van der Waals surface area contributed by atoms with Crippen LogP contribution in [0.5, 0.6) is 0 Å². The highest BCUT2D eigenvalue weighted by molar-refractivity contribution is 7.99. The van der Waals surface area contributed by atoms with Crippen molar-refractivity contribution < 1.29 is 19.1 Å². The van der Waals surface area contributed by atoms with E-state index in [4.69, 9.17) is 9.47 Å². The van der Waals surface area contributed by atoms with Gasteiger partial charge in [-0.1, -0.05) is 11.3 Å². The average molecular weight is 484 g/mol. The topological polar surface area (TPSA) is 116 Å². The first-order chi connectivity index (χ1) is 15.2. The zero-order chi connectivity index (χ0) is 21.5. The number of anilines is 1. The van der Waals surface area contributed by atoms with Crippen LogP contribution in [0.15, 0.2) is 0 Å². The first-order valence-corrected chi connectivity index (χ1v) is 13.2. The molecule has 0 bridgehead atoms. The van der Waals surface area contributed by atoms with Crippen molar-refractivity contribution in [3.05, 3.63) is 15.0 Å². The molecule has 1 N–H and O–H groups in total. The van der Waals surface area contributed by atoms with Gasteiger partial charge in [-0.15, -0.1) is 31.7 Å². The number of amides is 1. The molecule has 168 valence electrons. The summed E-state index contributed by atoms with van der Waals surface area (Å²) in [5.74, 6) is 1.81. The van der Waals surface area contributed by atoms with Crippen molar-refractivity contribution in [2.75, 3.05) is 30.0 Å². The third kappa shape index (κ3) is 6.75. The summed E-state index contributed by atoms with van der Waals surface area (Å²) in [4.78, 5) is 24.2. The Morgan fingerprint density at radius 3 is 2.26 bits per heavy atom. The monoisotopic (exact) mass is 483 g/mol. The molecule has 4 heterocycles. The highest BCUT2D eigenvalue weighted by atomic mass is 32.2. The predicted molar refractivity (Wildman–Crippen MR) is 120 cm³/mol. The molecule has 2 fully saturated rings. The van der Waals surface area contributed by atoms with E-state index < -0.39 is 0 Å². The van der Waals surface area contributed by atoms with Gasteiger partial charge in [-0.2, -0.15) is 11.8 Å². The molecule has 2 unspecified atom stereocenters. The number of nitrogens with zero attached hydrogens (tertiary/aromatic N) is 4. The van der Waals surface area contributed by atoms with Gasteiger partial charge in [0.05, 0.1) is 6.42 Å². The number of carbonyl (C=O) groups excluding carboxylic acids is 2. The smallest absolute Gasteiger partial charge is 0.255 e. The van der Waals surface area contributed by atoms with Crippen LogP contribution in [0.1, 0.15) is 40.7 Å². The Kier molecular flexibility index (Phi) is 8.36. The van der Waals surface area contributed by atoms with Crippen LogP contribution >= 0.6 is 34.4 Å². The lowest BCUT2D eigenvalue weighted by Gasteiger charge is -2.06. The van der Waals surface area contributed by atoms with E-state index in [9.17, 15) is 9.59 Å². The van der Waals surface area contributed by atoms with Gasteiger partial charge in [0.15, 0.2) is 5.78 Å². The van der Waals surface area contributed by atoms with Crippen LogP contribution < -0.4 is 5.32 Å². The number of thioether (sulfide) groups is 1. The number of ketones is 1. The maximum atomic E-state index is 12.2. The molecule has 0 radical (unpaired) electrons. The highest BCUT2D eigenvalue weighted by Crippen LogP contribution is 2.21. The molecule has 9 nitrogen and oxygen atoms in total. The summed E-state index contributed by atoms with van der Waals surface area (Å²) < 4.78 is 10.8. The van der Waals surface area contributed by atoms with Crippen LogP contribution in [-0.2, 0) is 38.3 Å². The van der Waals surface area contributed by atoms with Gasteiger partial charge in [0.2, 0.25) is 5.13 Å². The van der Waals surface area contributed by atoms with Gasteiger partial charge >= 0.3 is 0 Å². The number of carbonyl (C=O) groups is 2. The van der Waals surface area contributed by atoms with Crippen molar-refractivity contribution in [3.8, 4) is 0 Å². The Hall–Kier alpha value is -1.47. The molecule has 2 atom stereocenters. The summed E-state index contributed by atoms with van der Waals surface area (Å²) in [5, 5.41) is 22.5. The second kappa shape index (κ2) is 11.4. The molecule has 0 spiro atoms. The number of aromatic nitrogens is 4. The third-order valence-electron chi connectivity index (χ3n) is 4.96. The number of aryl methyl sites for hydroxylation is 2. The number of rotatable bonds is 11. The van der Waals surface area contributed by atoms with Crippen molar-refractivity contribution in [1.82, 2.24) is 20.4 Å². The lowest BCUT2D eigenvalue weighted by Crippen LogP contribution is -2.26. The van der Waals surface area contributed by atoms with Crippen LogP contribution in [0.4, 0.5) is 5.13 Å². The number of hydrogen-bond acceptors (Lipinski definition) is 11. The van der Waals surface area contributed by atoms with E-state index in [1.165, 1.54) is 22.7 Å². The van der Waals surface area contributed by atoms with Crippen LogP contribution in [0, 0.1) is 0 Å². The summed E-state index contributed by atoms with van der Waals surface area (Å²) in [6.07, 6.45) is 4.78. The summed E-state index contributed by atoms with van der Waals surface area (Å²) in [6, 6.07) is 0. The molecule has 12 heteroatoms. The first kappa shape index (κ1) is 22.7. The molecule has 2 aromatic rings. The molecule has 2 saturated heterocycles. The summed E-state index contributed by atoms with van der Waals surface area (Å²) in [7, 11) is 0. The van der Waals surface area contributed by atoms with Gasteiger partial charge in [0.1, 0.15) is 27.2 Å². The third-order valence-corrected chi connectivity index (χ3v) is 7.83. The summed E-state index contributed by atoms with van der Waals surface area (Å²) in [5.41, 5.74) is 0. The van der Waals surface area contributed by atoms with E-state index in [1.807, 2.05) is 11.8 Å². The van der Waals surface area contributed by atoms with Crippen molar-refractivity contribution >= 4 is 51.3 Å². The van der Waals surface area contributed by atoms with Crippen molar-refractivity contribution in [3.63, 3.8) is 0 Å². The van der Waals surface area contributed by atoms with Crippen LogP contribution in [0.3, 0.4) is 0 Å². The SMILES string of the molecule is O=C(Cc1nnc(CCSCCc2nnc(NC(=O)C3CCCO3)s2)s1)C1CCCO1. The Morgan fingerprint density at radius 1 is 0.903 bits per heavy atom. The second-order valence-corrected chi connectivity index (χ2v) is 10.8. The molecule has 2 aromatic heterocycles. The molecule has 4 rings (SSSR count). The molecule has 2 aliphatic heterocycles. The van der Waals surface area contributed by atoms with E-state index in [0.29, 0.717) is 24.8 Å². The minimum Gasteiger partial charge on any atom is -0.370 e. The lowest BCUT2D eigenvalue weighted by atomic mass is 10.1. The fraction of sp³-hybridized carbons (Fsp3) is 0.684. The van der Waals surface area contributed by atoms with E-state index >= 15 is 0 Å². The molecule has 1 amide bonds. The van der Waals surface area contributed by atoms with Crippen molar-refractivity contribution in [2.24, 2.45) is 0 Å². The normalized spacial score (nSPS) is 20.9. The maximum absolute atomic E-state index is 12.2. The average Bonchev–Trinajstić information content (AvgIpc) is 3.55. The standard InChI is InChI=1S/C19H25N5O4S3/c25-12(13-3-1-7-27-13)11-17-23-21-15(30-17)5-9-29-10-6-16-22-24-19(31-16)20-18(26)14-4-2-8-28-14/h13-14H,1-11H2,(H,20,24,26). The summed E-state index contributed by atoms with van der Waals surface area (Å²) >= 11 is 4.73. The lowest BCUT2D eigenvalue weighted by molar-refractivity contribution is -0.127. The maximum Gasteiger partial charge on any atom is 0.255 e. The Bertz CT molecular complexity index is 807. The molecule has 0 aromatic carbocycles. The predicted octanol–water partition coefficient (Wildman–Crippen LogP) is 2.32. The number of hydrogen-bond donors (Lipinski definition) is 1. The highest BCUT2D eigenvalue weighted by Gasteiger charge is 2.25. The first-order valence-electron chi connectivity index (χ1n) is 10.5. The van der Waals surface area contributed by atoms with Crippen molar-refractivity contribution in [2.45, 2.75) is 57.2 Å². The number of Topliss-reactive ketones (excluding diaryl/α,β-unsaturated/α-hetero) is 1. The van der Waals surface area contributed by atoms with E-state index in [1.54, 1.807) is 0 Å². The largest absolute Gasteiger partial charge is 0.370 e. The van der Waals surface area contributed by atoms with Gasteiger partial charge in [0.25, 0.3) is 5.91 Å². The van der Waals surface area contributed by atoms with Gasteiger partial charge in [-0.25, -0.2) is 0 Å². The van der Waals surface area contributed by atoms with Gasteiger partial charge in [-0.3, -0.25) is 14.9 Å². The van der Waals surface area contributed by atoms with Gasteiger partial charge in [-0.05, 0) is 37.2 Å². The van der Waals surface area contributed by atoms with Gasteiger partial charge < -0.3 is 9.47 Å². The molecule has 2 aliphatic rings. The number of ether oxygens (including phenoxy) is 2. The van der Waals surface area contributed by atoms with E-state index in [0.717, 1.165) is 65.1 Å². The molecular weight excluding hydrogens is 458 g/mol. The minimum atomic E-state index is -0.363. The Morgan fingerprint density at radius 2 is 1.55 bits per heavy atom. The molecule has 0 aliphatic carbocycles. The van der Waals surface area contributed by atoms with E-state index in [-0.39, 0.29) is 23.9 Å². The van der Waals surface area contributed by atoms with Crippen LogP contribution in [0.2, 0.25) is 0 Å². The molecule has 31 heavy (non-hydrogen) atoms. The summed E-state index contributed by atoms with van der Waals surface area (Å²) in [6.45, 7) is 1.32. The minimum absolute atomic E-state index is 0.109. The van der Waals surface area contributed by atoms with Crippen molar-refractivity contribution in [1.29, 1.82) is 0 Å². The zero-order valence-corrected chi connectivity index (χ0v) is 19.5. The quantitative estimate of drug-likeness (QED) is 0.481. The number of nitrogens with one attached hydrogen (secondary N) is 1. The second-order valence-electron chi connectivity index (χ2n) is 7.34. The van der Waals surface area contributed by atoms with E-state index in [2.05, 4.69) is 25.7 Å². The molecule has 0 saturated carbocycles.